The van der Waals surface area contributed by atoms with E-state index in [1.54, 1.807) is 43.3 Å². The van der Waals surface area contributed by atoms with Gasteiger partial charge in [-0.3, -0.25) is 4.79 Å². The highest BCUT2D eigenvalue weighted by atomic mass is 32.2. The van der Waals surface area contributed by atoms with Crippen molar-refractivity contribution in [2.24, 2.45) is 5.14 Å². The number of carbonyl (C=O) groups excluding carboxylic acids is 1. The quantitative estimate of drug-likeness (QED) is 0.689. The van der Waals surface area contributed by atoms with Crippen LogP contribution in [0.5, 0.6) is 5.75 Å². The molecule has 0 aliphatic carbocycles. The number of aryl methyl sites for hydroxylation is 1. The van der Waals surface area contributed by atoms with Gasteiger partial charge in [0.25, 0.3) is 5.91 Å². The van der Waals surface area contributed by atoms with Gasteiger partial charge in [0.2, 0.25) is 10.0 Å². The fourth-order valence-electron chi connectivity index (χ4n) is 2.43. The summed E-state index contributed by atoms with van der Waals surface area (Å²) in [5.41, 5.74) is 1.34. The van der Waals surface area contributed by atoms with Gasteiger partial charge in [0.05, 0.1) is 11.5 Å². The number of anilines is 1. The van der Waals surface area contributed by atoms with Gasteiger partial charge in [0, 0.05) is 11.3 Å². The Balaban J connectivity index is 2.04. The Kier molecular flexibility index (Phi) is 6.76. The van der Waals surface area contributed by atoms with Crippen LogP contribution in [0.15, 0.2) is 47.4 Å². The van der Waals surface area contributed by atoms with Crippen molar-refractivity contribution >= 4 is 21.6 Å². The van der Waals surface area contributed by atoms with Gasteiger partial charge in [0.1, 0.15) is 5.75 Å². The number of rotatable bonds is 8. The maximum atomic E-state index is 12.3. The number of nitrogens with two attached hydrogens (primary N) is 1. The van der Waals surface area contributed by atoms with Crippen molar-refractivity contribution in [3.8, 4) is 5.75 Å². The van der Waals surface area contributed by atoms with E-state index >= 15 is 0 Å². The van der Waals surface area contributed by atoms with Gasteiger partial charge < -0.3 is 10.1 Å². The van der Waals surface area contributed by atoms with Crippen LogP contribution >= 0.6 is 0 Å². The van der Waals surface area contributed by atoms with Crippen LogP contribution in [0.4, 0.5) is 5.69 Å². The van der Waals surface area contributed by atoms with Gasteiger partial charge in [-0.25, -0.2) is 13.6 Å². The molecule has 0 bridgehead atoms. The average Bonchev–Trinajstić information content (AvgIpc) is 2.60. The number of hydrogen-bond donors (Lipinski definition) is 2. The Morgan fingerprint density at radius 3 is 2.42 bits per heavy atom. The molecule has 0 fully saturated rings. The lowest BCUT2D eigenvalue weighted by atomic mass is 10.2. The number of primary sulfonamides is 1. The zero-order valence-corrected chi connectivity index (χ0v) is 15.8. The Labute approximate surface area is 154 Å². The lowest BCUT2D eigenvalue weighted by Crippen LogP contribution is -2.16. The molecule has 0 radical (unpaired) electrons. The van der Waals surface area contributed by atoms with E-state index in [0.717, 1.165) is 19.3 Å². The summed E-state index contributed by atoms with van der Waals surface area (Å²) in [7, 11) is -3.84. The van der Waals surface area contributed by atoms with E-state index < -0.39 is 10.0 Å². The third-order valence-corrected chi connectivity index (χ3v) is 4.94. The minimum absolute atomic E-state index is 0.00822. The second-order valence-corrected chi connectivity index (χ2v) is 7.59. The van der Waals surface area contributed by atoms with E-state index in [1.165, 1.54) is 6.07 Å². The fourth-order valence-corrected chi connectivity index (χ4v) is 3.24. The van der Waals surface area contributed by atoms with Crippen molar-refractivity contribution in [1.29, 1.82) is 0 Å². The number of amides is 1. The van der Waals surface area contributed by atoms with Crippen LogP contribution in [-0.2, 0) is 10.0 Å². The van der Waals surface area contributed by atoms with E-state index in [0.29, 0.717) is 29.2 Å². The molecular formula is C19H24N2O4S. The molecule has 0 aliphatic heterocycles. The molecule has 7 heteroatoms. The first kappa shape index (κ1) is 19.9. The van der Waals surface area contributed by atoms with Crippen molar-refractivity contribution in [1.82, 2.24) is 0 Å². The monoisotopic (exact) mass is 376 g/mol. The van der Waals surface area contributed by atoms with Crippen LogP contribution in [0.1, 0.15) is 42.1 Å². The number of benzene rings is 2. The third kappa shape index (κ3) is 5.57. The molecule has 6 nitrogen and oxygen atoms in total. The Morgan fingerprint density at radius 2 is 1.81 bits per heavy atom. The first-order valence-corrected chi connectivity index (χ1v) is 10.0. The van der Waals surface area contributed by atoms with Crippen molar-refractivity contribution in [3.05, 3.63) is 53.6 Å². The molecule has 0 spiro atoms. The summed E-state index contributed by atoms with van der Waals surface area (Å²) < 4.78 is 28.8. The summed E-state index contributed by atoms with van der Waals surface area (Å²) in [6.07, 6.45) is 3.25. The molecule has 0 aromatic heterocycles. The smallest absolute Gasteiger partial charge is 0.255 e. The molecule has 3 N–H and O–H groups in total. The molecule has 2 aromatic carbocycles. The third-order valence-electron chi connectivity index (χ3n) is 3.89. The second kappa shape index (κ2) is 8.82. The molecule has 0 unspecified atom stereocenters. The summed E-state index contributed by atoms with van der Waals surface area (Å²) in [6, 6.07) is 11.4. The van der Waals surface area contributed by atoms with Crippen LogP contribution in [-0.4, -0.2) is 20.9 Å². The largest absolute Gasteiger partial charge is 0.494 e. The summed E-state index contributed by atoms with van der Waals surface area (Å²) in [5, 5.41) is 7.87. The van der Waals surface area contributed by atoms with Crippen molar-refractivity contribution in [2.45, 2.75) is 38.0 Å². The van der Waals surface area contributed by atoms with E-state index in [9.17, 15) is 13.2 Å². The summed E-state index contributed by atoms with van der Waals surface area (Å²) in [5.74, 6) is 0.372. The van der Waals surface area contributed by atoms with E-state index in [1.807, 2.05) is 0 Å². The number of hydrogen-bond acceptors (Lipinski definition) is 4. The standard InChI is InChI=1S/C19H24N2O4S/c1-3-4-5-12-25-17-10-7-15(8-11-17)19(22)21-16-9-6-14(2)18(13-16)26(20,23)24/h6-11,13H,3-5,12H2,1-2H3,(H,21,22)(H2,20,23,24). The van der Waals surface area contributed by atoms with Crippen molar-refractivity contribution < 1.29 is 17.9 Å². The summed E-state index contributed by atoms with van der Waals surface area (Å²) >= 11 is 0. The molecule has 0 saturated heterocycles. The molecule has 0 saturated carbocycles. The Hall–Kier alpha value is -2.38. The molecule has 2 aromatic rings. The topological polar surface area (TPSA) is 98.5 Å². The first-order valence-electron chi connectivity index (χ1n) is 8.49. The predicted octanol–water partition coefficient (Wildman–Crippen LogP) is 3.46. The van der Waals surface area contributed by atoms with Crippen molar-refractivity contribution in [2.75, 3.05) is 11.9 Å². The minimum Gasteiger partial charge on any atom is -0.494 e. The normalized spacial score (nSPS) is 11.2. The molecule has 0 atom stereocenters. The van der Waals surface area contributed by atoms with Gasteiger partial charge >= 0.3 is 0 Å². The second-order valence-electron chi connectivity index (χ2n) is 6.06. The van der Waals surface area contributed by atoms with E-state index in [4.69, 9.17) is 9.88 Å². The van der Waals surface area contributed by atoms with Gasteiger partial charge in [-0.05, 0) is 55.3 Å². The lowest BCUT2D eigenvalue weighted by molar-refractivity contribution is 0.102. The van der Waals surface area contributed by atoms with Gasteiger partial charge in [-0.1, -0.05) is 25.8 Å². The lowest BCUT2D eigenvalue weighted by Gasteiger charge is -2.10. The molecule has 26 heavy (non-hydrogen) atoms. The molecule has 0 heterocycles. The molecule has 140 valence electrons. The number of unbranched alkanes of at least 4 members (excludes halogenated alkanes) is 2. The van der Waals surface area contributed by atoms with Gasteiger partial charge in [-0.15, -0.1) is 0 Å². The van der Waals surface area contributed by atoms with Crippen LogP contribution in [0, 0.1) is 6.92 Å². The number of ether oxygens (including phenoxy) is 1. The van der Waals surface area contributed by atoms with Crippen LogP contribution in [0.3, 0.4) is 0 Å². The van der Waals surface area contributed by atoms with Crippen LogP contribution in [0.25, 0.3) is 0 Å². The predicted molar refractivity (Wildman–Crippen MR) is 102 cm³/mol. The van der Waals surface area contributed by atoms with E-state index in [-0.39, 0.29) is 10.8 Å². The fraction of sp³-hybridized carbons (Fsp3) is 0.316. The zero-order chi connectivity index (χ0) is 19.2. The molecule has 2 rings (SSSR count). The average molecular weight is 376 g/mol. The van der Waals surface area contributed by atoms with Crippen LogP contribution in [0.2, 0.25) is 0 Å². The maximum absolute atomic E-state index is 12.3. The summed E-state index contributed by atoms with van der Waals surface area (Å²) in [4.78, 5) is 12.3. The number of sulfonamides is 1. The maximum Gasteiger partial charge on any atom is 0.255 e. The number of nitrogens with one attached hydrogen (secondary N) is 1. The Morgan fingerprint density at radius 1 is 1.12 bits per heavy atom. The minimum atomic E-state index is -3.84. The SMILES string of the molecule is CCCCCOc1ccc(C(=O)Nc2ccc(C)c(S(N)(=O)=O)c2)cc1. The first-order chi connectivity index (χ1) is 12.3. The highest BCUT2D eigenvalue weighted by Gasteiger charge is 2.13. The summed E-state index contributed by atoms with van der Waals surface area (Å²) in [6.45, 7) is 4.43. The van der Waals surface area contributed by atoms with Crippen LogP contribution < -0.4 is 15.2 Å². The van der Waals surface area contributed by atoms with Gasteiger partial charge in [-0.2, -0.15) is 0 Å². The zero-order valence-electron chi connectivity index (χ0n) is 15.0. The van der Waals surface area contributed by atoms with Crippen molar-refractivity contribution in [3.63, 3.8) is 0 Å². The number of carbonyl (C=O) groups is 1. The van der Waals surface area contributed by atoms with Gasteiger partial charge in [0.15, 0.2) is 0 Å². The molecular weight excluding hydrogens is 352 g/mol. The Bertz CT molecular complexity index is 862. The molecule has 0 aliphatic rings. The van der Waals surface area contributed by atoms with E-state index in [2.05, 4.69) is 12.2 Å². The molecule has 1 amide bonds. The highest BCUT2D eigenvalue weighted by molar-refractivity contribution is 7.89. The highest BCUT2D eigenvalue weighted by Crippen LogP contribution is 2.20.